The van der Waals surface area contributed by atoms with Gasteiger partial charge < -0.3 is 15.7 Å². The molecule has 3 nitrogen and oxygen atoms in total. The minimum atomic E-state index is -0.404. The number of aliphatic hydroxyl groups is 1. The minimum absolute atomic E-state index is 0. The molecule has 0 spiro atoms. The molecule has 3 N–H and O–H groups in total. The van der Waals surface area contributed by atoms with Gasteiger partial charge in [-0.25, -0.2) is 0 Å². The van der Waals surface area contributed by atoms with Crippen molar-refractivity contribution in [2.75, 3.05) is 25.6 Å². The van der Waals surface area contributed by atoms with E-state index in [0.717, 1.165) is 11.3 Å². The van der Waals surface area contributed by atoms with Crippen LogP contribution in [0.1, 0.15) is 11.6 Å². The maximum atomic E-state index is 8.90. The number of aliphatic hydroxyl groups excluding tert-OH is 1. The van der Waals surface area contributed by atoms with Gasteiger partial charge in [0.15, 0.2) is 0 Å². The summed E-state index contributed by atoms with van der Waals surface area (Å²) in [4.78, 5) is 1.96. The Kier molecular flexibility index (Phi) is 5.98. The molecule has 0 fully saturated rings. The zero-order valence-electron chi connectivity index (χ0n) is 8.77. The van der Waals surface area contributed by atoms with Crippen LogP contribution in [0.25, 0.3) is 0 Å². The van der Waals surface area contributed by atoms with Crippen LogP contribution in [0.2, 0.25) is 5.02 Å². The third kappa shape index (κ3) is 3.54. The van der Waals surface area contributed by atoms with Gasteiger partial charge in [-0.2, -0.15) is 0 Å². The molecule has 1 rings (SSSR count). The van der Waals surface area contributed by atoms with E-state index < -0.39 is 6.04 Å². The molecule has 0 bridgehead atoms. The van der Waals surface area contributed by atoms with E-state index in [4.69, 9.17) is 22.4 Å². The second kappa shape index (κ2) is 6.18. The Balaban J connectivity index is 0.00000196. The van der Waals surface area contributed by atoms with Crippen LogP contribution in [0.15, 0.2) is 18.2 Å². The average molecular weight is 251 g/mol. The van der Waals surface area contributed by atoms with E-state index in [1.54, 1.807) is 0 Å². The quantitative estimate of drug-likeness (QED) is 0.861. The Bertz CT molecular complexity index is 318. The predicted molar refractivity (Wildman–Crippen MR) is 67.0 cm³/mol. The van der Waals surface area contributed by atoms with E-state index in [2.05, 4.69) is 0 Å². The first kappa shape index (κ1) is 14.5. The normalized spacial score (nSPS) is 11.8. The summed E-state index contributed by atoms with van der Waals surface area (Å²) in [6.45, 7) is -0.0962. The lowest BCUT2D eigenvalue weighted by Crippen LogP contribution is -2.15. The molecule has 1 aromatic carbocycles. The molecule has 86 valence electrons. The molecule has 0 unspecified atom stereocenters. The van der Waals surface area contributed by atoms with Crippen molar-refractivity contribution in [3.8, 4) is 0 Å². The van der Waals surface area contributed by atoms with Gasteiger partial charge in [0.05, 0.1) is 12.6 Å². The van der Waals surface area contributed by atoms with Gasteiger partial charge in [0.25, 0.3) is 0 Å². The fraction of sp³-hybridized carbons (Fsp3) is 0.400. The number of halogens is 2. The SMILES string of the molecule is CN(C)c1ccc([C@@H](N)CO)c(Cl)c1.Cl. The highest BCUT2D eigenvalue weighted by atomic mass is 35.5. The van der Waals surface area contributed by atoms with Crippen LogP contribution in [0.4, 0.5) is 5.69 Å². The first-order chi connectivity index (χ1) is 6.56. The zero-order chi connectivity index (χ0) is 10.7. The Labute approximate surface area is 101 Å². The summed E-state index contributed by atoms with van der Waals surface area (Å²) in [5.41, 5.74) is 7.47. The summed E-state index contributed by atoms with van der Waals surface area (Å²) >= 11 is 6.03. The van der Waals surface area contributed by atoms with E-state index in [1.165, 1.54) is 0 Å². The topological polar surface area (TPSA) is 49.5 Å². The molecule has 5 heteroatoms. The van der Waals surface area contributed by atoms with E-state index in [0.29, 0.717) is 5.02 Å². The van der Waals surface area contributed by atoms with E-state index in [1.807, 2.05) is 37.2 Å². The van der Waals surface area contributed by atoms with Gasteiger partial charge in [-0.1, -0.05) is 17.7 Å². The Hall–Kier alpha value is -0.480. The van der Waals surface area contributed by atoms with E-state index >= 15 is 0 Å². The van der Waals surface area contributed by atoms with Gasteiger partial charge in [0, 0.05) is 24.8 Å². The number of nitrogens with zero attached hydrogens (tertiary/aromatic N) is 1. The third-order valence-electron chi connectivity index (χ3n) is 2.10. The highest BCUT2D eigenvalue weighted by Gasteiger charge is 2.09. The number of rotatable bonds is 3. The molecule has 1 atom stereocenters. The number of anilines is 1. The first-order valence-corrected chi connectivity index (χ1v) is 4.77. The van der Waals surface area contributed by atoms with Crippen LogP contribution in [-0.4, -0.2) is 25.8 Å². The van der Waals surface area contributed by atoms with Crippen molar-refractivity contribution in [3.05, 3.63) is 28.8 Å². The summed E-state index contributed by atoms with van der Waals surface area (Å²) in [5.74, 6) is 0. The molecule has 15 heavy (non-hydrogen) atoms. The fourth-order valence-electron chi connectivity index (χ4n) is 1.19. The molecule has 0 heterocycles. The molecule has 0 aliphatic rings. The lowest BCUT2D eigenvalue weighted by atomic mass is 10.1. The van der Waals surface area contributed by atoms with Gasteiger partial charge in [0.2, 0.25) is 0 Å². The minimum Gasteiger partial charge on any atom is -0.394 e. The van der Waals surface area contributed by atoms with Crippen molar-refractivity contribution in [1.82, 2.24) is 0 Å². The summed E-state index contributed by atoms with van der Waals surface area (Å²) in [7, 11) is 3.88. The van der Waals surface area contributed by atoms with Crippen molar-refractivity contribution >= 4 is 29.7 Å². The summed E-state index contributed by atoms with van der Waals surface area (Å²) in [5, 5.41) is 9.49. The van der Waals surface area contributed by atoms with Crippen LogP contribution >= 0.6 is 24.0 Å². The third-order valence-corrected chi connectivity index (χ3v) is 2.42. The highest BCUT2D eigenvalue weighted by molar-refractivity contribution is 6.31. The van der Waals surface area contributed by atoms with Crippen LogP contribution < -0.4 is 10.6 Å². The van der Waals surface area contributed by atoms with Crippen molar-refractivity contribution in [3.63, 3.8) is 0 Å². The average Bonchev–Trinajstić information content (AvgIpc) is 2.16. The van der Waals surface area contributed by atoms with Gasteiger partial charge in [0.1, 0.15) is 0 Å². The van der Waals surface area contributed by atoms with E-state index in [-0.39, 0.29) is 19.0 Å². The van der Waals surface area contributed by atoms with Gasteiger partial charge in [-0.3, -0.25) is 0 Å². The second-order valence-electron chi connectivity index (χ2n) is 3.39. The largest absolute Gasteiger partial charge is 0.394 e. The molecule has 0 aromatic heterocycles. The van der Waals surface area contributed by atoms with Crippen LogP contribution in [0, 0.1) is 0 Å². The van der Waals surface area contributed by atoms with Crippen LogP contribution in [0.3, 0.4) is 0 Å². The monoisotopic (exact) mass is 250 g/mol. The van der Waals surface area contributed by atoms with Crippen molar-refractivity contribution in [1.29, 1.82) is 0 Å². The molecule has 0 aliphatic heterocycles. The lowest BCUT2D eigenvalue weighted by Gasteiger charge is -2.16. The Morgan fingerprint density at radius 1 is 1.47 bits per heavy atom. The molecule has 0 saturated carbocycles. The second-order valence-corrected chi connectivity index (χ2v) is 3.80. The van der Waals surface area contributed by atoms with Crippen molar-refractivity contribution in [2.45, 2.75) is 6.04 Å². The Morgan fingerprint density at radius 2 is 2.07 bits per heavy atom. The summed E-state index contributed by atoms with van der Waals surface area (Å²) in [6, 6.07) is 5.21. The molecule has 0 aliphatic carbocycles. The number of benzene rings is 1. The number of hydrogen-bond donors (Lipinski definition) is 2. The summed E-state index contributed by atoms with van der Waals surface area (Å²) < 4.78 is 0. The maximum Gasteiger partial charge on any atom is 0.0624 e. The molecule has 0 saturated heterocycles. The molecular formula is C10H16Cl2N2O. The molecule has 0 amide bonds. The number of nitrogens with two attached hydrogens (primary N) is 1. The molecular weight excluding hydrogens is 235 g/mol. The highest BCUT2D eigenvalue weighted by Crippen LogP contribution is 2.25. The lowest BCUT2D eigenvalue weighted by molar-refractivity contribution is 0.268. The van der Waals surface area contributed by atoms with Crippen molar-refractivity contribution < 1.29 is 5.11 Å². The number of hydrogen-bond acceptors (Lipinski definition) is 3. The smallest absolute Gasteiger partial charge is 0.0624 e. The molecule has 0 radical (unpaired) electrons. The van der Waals surface area contributed by atoms with Gasteiger partial charge in [-0.15, -0.1) is 12.4 Å². The first-order valence-electron chi connectivity index (χ1n) is 4.39. The summed E-state index contributed by atoms with van der Waals surface area (Å²) in [6.07, 6.45) is 0. The van der Waals surface area contributed by atoms with Crippen molar-refractivity contribution in [2.24, 2.45) is 5.73 Å². The van der Waals surface area contributed by atoms with E-state index in [9.17, 15) is 0 Å². The van der Waals surface area contributed by atoms with Gasteiger partial charge >= 0.3 is 0 Å². The standard InChI is InChI=1S/C10H15ClN2O.ClH/c1-13(2)7-3-4-8(9(11)5-7)10(12)6-14;/h3-5,10,14H,6,12H2,1-2H3;1H/t10-;/m0./s1. The molecule has 1 aromatic rings. The fourth-order valence-corrected chi connectivity index (χ4v) is 1.51. The van der Waals surface area contributed by atoms with Crippen LogP contribution in [0.5, 0.6) is 0 Å². The van der Waals surface area contributed by atoms with Crippen LogP contribution in [-0.2, 0) is 0 Å². The Morgan fingerprint density at radius 3 is 2.47 bits per heavy atom. The maximum absolute atomic E-state index is 8.90. The zero-order valence-corrected chi connectivity index (χ0v) is 10.3. The predicted octanol–water partition coefficient (Wildman–Crippen LogP) is 1.82. The van der Waals surface area contributed by atoms with Gasteiger partial charge in [-0.05, 0) is 17.7 Å².